The van der Waals surface area contributed by atoms with E-state index in [1.165, 1.54) is 32.1 Å². The molecule has 0 spiro atoms. The molecule has 2 rings (SSSR count). The van der Waals surface area contributed by atoms with Gasteiger partial charge in [-0.3, -0.25) is 0 Å². The van der Waals surface area contributed by atoms with Crippen molar-refractivity contribution in [3.05, 3.63) is 10.0 Å². The van der Waals surface area contributed by atoms with Gasteiger partial charge in [0.05, 0.1) is 6.04 Å². The van der Waals surface area contributed by atoms with E-state index >= 15 is 0 Å². The molecule has 0 aliphatic heterocycles. The second kappa shape index (κ2) is 5.03. The van der Waals surface area contributed by atoms with Crippen LogP contribution in [0.5, 0.6) is 0 Å². The third kappa shape index (κ3) is 2.98. The lowest BCUT2D eigenvalue weighted by Crippen LogP contribution is -2.33. The molecule has 1 aliphatic carbocycles. The lowest BCUT2D eigenvalue weighted by atomic mass is 9.95. The molecule has 0 amide bonds. The second-order valence-corrected chi connectivity index (χ2v) is 5.60. The van der Waals surface area contributed by atoms with Crippen LogP contribution in [-0.2, 0) is 0 Å². The Kier molecular flexibility index (Phi) is 3.70. The Morgan fingerprint density at radius 1 is 1.27 bits per heavy atom. The first-order valence-corrected chi connectivity index (χ1v) is 6.63. The summed E-state index contributed by atoms with van der Waals surface area (Å²) in [5.74, 6) is 0. The Morgan fingerprint density at radius 2 is 2.00 bits per heavy atom. The van der Waals surface area contributed by atoms with E-state index in [-0.39, 0.29) is 0 Å². The molecule has 1 N–H and O–H groups in total. The third-order valence-corrected chi connectivity index (χ3v) is 4.02. The van der Waals surface area contributed by atoms with Gasteiger partial charge in [0.1, 0.15) is 10.0 Å². The van der Waals surface area contributed by atoms with Crippen LogP contribution in [0, 0.1) is 6.92 Å². The molecule has 1 fully saturated rings. The van der Waals surface area contributed by atoms with Crippen molar-refractivity contribution in [1.82, 2.24) is 15.5 Å². The lowest BCUT2D eigenvalue weighted by molar-refractivity contribution is 0.346. The van der Waals surface area contributed by atoms with Crippen molar-refractivity contribution in [1.29, 1.82) is 0 Å². The molecule has 1 aromatic rings. The Bertz CT molecular complexity index is 305. The highest BCUT2D eigenvalue weighted by atomic mass is 32.1. The van der Waals surface area contributed by atoms with Crippen molar-refractivity contribution in [2.45, 2.75) is 58.0 Å². The molecule has 0 bridgehead atoms. The van der Waals surface area contributed by atoms with Gasteiger partial charge >= 0.3 is 0 Å². The molecule has 1 unspecified atom stereocenters. The first-order chi connectivity index (χ1) is 7.25. The van der Waals surface area contributed by atoms with Gasteiger partial charge < -0.3 is 5.32 Å². The monoisotopic (exact) mass is 225 g/mol. The molecule has 1 heterocycles. The molecule has 3 nitrogen and oxygen atoms in total. The summed E-state index contributed by atoms with van der Waals surface area (Å²) in [6.07, 6.45) is 6.80. The van der Waals surface area contributed by atoms with E-state index in [1.807, 2.05) is 6.92 Å². The molecule has 0 saturated heterocycles. The minimum absolute atomic E-state index is 0.360. The van der Waals surface area contributed by atoms with E-state index in [2.05, 4.69) is 22.4 Å². The van der Waals surface area contributed by atoms with E-state index in [9.17, 15) is 0 Å². The van der Waals surface area contributed by atoms with Gasteiger partial charge in [0.25, 0.3) is 0 Å². The van der Waals surface area contributed by atoms with Gasteiger partial charge in [0, 0.05) is 6.04 Å². The molecule has 1 aliphatic rings. The zero-order valence-electron chi connectivity index (χ0n) is 9.49. The highest BCUT2D eigenvalue weighted by Gasteiger charge is 2.18. The summed E-state index contributed by atoms with van der Waals surface area (Å²) in [6.45, 7) is 4.20. The van der Waals surface area contributed by atoms with Crippen LogP contribution in [0.15, 0.2) is 0 Å². The first-order valence-electron chi connectivity index (χ1n) is 5.82. The van der Waals surface area contributed by atoms with Crippen molar-refractivity contribution in [2.75, 3.05) is 0 Å². The molecular formula is C11H19N3S. The van der Waals surface area contributed by atoms with E-state index in [4.69, 9.17) is 0 Å². The van der Waals surface area contributed by atoms with Crippen molar-refractivity contribution in [2.24, 2.45) is 0 Å². The maximum atomic E-state index is 4.19. The summed E-state index contributed by atoms with van der Waals surface area (Å²) < 4.78 is 0. The van der Waals surface area contributed by atoms with E-state index in [1.54, 1.807) is 11.3 Å². The summed E-state index contributed by atoms with van der Waals surface area (Å²) in [6, 6.07) is 1.05. The molecule has 1 saturated carbocycles. The van der Waals surface area contributed by atoms with E-state index in [0.29, 0.717) is 12.1 Å². The SMILES string of the molecule is Cc1nnc(C(C)NC2CCCCC2)s1. The Balaban J connectivity index is 1.88. The van der Waals surface area contributed by atoms with Gasteiger partial charge in [-0.1, -0.05) is 19.3 Å². The summed E-state index contributed by atoms with van der Waals surface area (Å²) in [7, 11) is 0. The van der Waals surface area contributed by atoms with Gasteiger partial charge in [-0.15, -0.1) is 21.5 Å². The van der Waals surface area contributed by atoms with Crippen molar-refractivity contribution in [3.8, 4) is 0 Å². The maximum Gasteiger partial charge on any atom is 0.134 e. The number of hydrogen-bond acceptors (Lipinski definition) is 4. The highest BCUT2D eigenvalue weighted by molar-refractivity contribution is 7.11. The summed E-state index contributed by atoms with van der Waals surface area (Å²) >= 11 is 1.70. The molecule has 84 valence electrons. The number of aromatic nitrogens is 2. The van der Waals surface area contributed by atoms with Crippen LogP contribution in [-0.4, -0.2) is 16.2 Å². The predicted molar refractivity (Wildman–Crippen MR) is 63.1 cm³/mol. The average Bonchev–Trinajstić information content (AvgIpc) is 2.66. The van der Waals surface area contributed by atoms with E-state index in [0.717, 1.165) is 10.0 Å². The van der Waals surface area contributed by atoms with Crippen LogP contribution in [0.4, 0.5) is 0 Å². The number of nitrogens with zero attached hydrogens (tertiary/aromatic N) is 2. The van der Waals surface area contributed by atoms with Gasteiger partial charge in [-0.2, -0.15) is 0 Å². The molecule has 1 aromatic heterocycles. The topological polar surface area (TPSA) is 37.8 Å². The van der Waals surface area contributed by atoms with Crippen LogP contribution < -0.4 is 5.32 Å². The Hall–Kier alpha value is -0.480. The molecule has 0 radical (unpaired) electrons. The highest BCUT2D eigenvalue weighted by Crippen LogP contribution is 2.22. The molecule has 15 heavy (non-hydrogen) atoms. The fourth-order valence-electron chi connectivity index (χ4n) is 2.18. The fourth-order valence-corrected chi connectivity index (χ4v) is 2.89. The van der Waals surface area contributed by atoms with Gasteiger partial charge in [0.15, 0.2) is 0 Å². The number of nitrogens with one attached hydrogen (secondary N) is 1. The van der Waals surface area contributed by atoms with Crippen molar-refractivity contribution >= 4 is 11.3 Å². The fraction of sp³-hybridized carbons (Fsp3) is 0.818. The number of rotatable bonds is 3. The quantitative estimate of drug-likeness (QED) is 0.859. The predicted octanol–water partition coefficient (Wildman–Crippen LogP) is 2.83. The summed E-state index contributed by atoms with van der Waals surface area (Å²) in [5, 5.41) is 14.1. The lowest BCUT2D eigenvalue weighted by Gasteiger charge is -2.25. The van der Waals surface area contributed by atoms with Crippen LogP contribution in [0.2, 0.25) is 0 Å². The Labute approximate surface area is 95.3 Å². The Morgan fingerprint density at radius 3 is 2.60 bits per heavy atom. The van der Waals surface area contributed by atoms with Crippen LogP contribution >= 0.6 is 11.3 Å². The standard InChI is InChI=1S/C11H19N3S/c1-8(11-14-13-9(2)15-11)12-10-6-4-3-5-7-10/h8,10,12H,3-7H2,1-2H3. The van der Waals surface area contributed by atoms with Gasteiger partial charge in [-0.05, 0) is 26.7 Å². The van der Waals surface area contributed by atoms with Crippen molar-refractivity contribution in [3.63, 3.8) is 0 Å². The average molecular weight is 225 g/mol. The number of hydrogen-bond donors (Lipinski definition) is 1. The van der Waals surface area contributed by atoms with Crippen LogP contribution in [0.25, 0.3) is 0 Å². The van der Waals surface area contributed by atoms with Crippen molar-refractivity contribution < 1.29 is 0 Å². The maximum absolute atomic E-state index is 4.19. The van der Waals surface area contributed by atoms with Gasteiger partial charge in [-0.25, -0.2) is 0 Å². The first kappa shape index (κ1) is 11.0. The van der Waals surface area contributed by atoms with Crippen LogP contribution in [0.1, 0.15) is 55.1 Å². The molecular weight excluding hydrogens is 206 g/mol. The minimum Gasteiger partial charge on any atom is -0.305 e. The van der Waals surface area contributed by atoms with Gasteiger partial charge in [0.2, 0.25) is 0 Å². The molecule has 1 atom stereocenters. The summed E-state index contributed by atoms with van der Waals surface area (Å²) in [5.41, 5.74) is 0. The third-order valence-electron chi connectivity index (χ3n) is 3.00. The smallest absolute Gasteiger partial charge is 0.134 e. The summed E-state index contributed by atoms with van der Waals surface area (Å²) in [4.78, 5) is 0. The van der Waals surface area contributed by atoms with E-state index < -0.39 is 0 Å². The molecule has 4 heteroatoms. The van der Waals surface area contributed by atoms with Crippen LogP contribution in [0.3, 0.4) is 0 Å². The largest absolute Gasteiger partial charge is 0.305 e. The zero-order chi connectivity index (χ0) is 10.7. The zero-order valence-corrected chi connectivity index (χ0v) is 10.3. The molecule has 0 aromatic carbocycles. The normalized spacial score (nSPS) is 20.4. The number of aryl methyl sites for hydroxylation is 1. The second-order valence-electron chi connectivity index (χ2n) is 4.38. The minimum atomic E-state index is 0.360.